The van der Waals surface area contributed by atoms with E-state index < -0.39 is 0 Å². The summed E-state index contributed by atoms with van der Waals surface area (Å²) in [6, 6.07) is 4.13. The molecule has 0 radical (unpaired) electrons. The quantitative estimate of drug-likeness (QED) is 0.635. The summed E-state index contributed by atoms with van der Waals surface area (Å²) in [5.74, 6) is 0. The van der Waals surface area contributed by atoms with Crippen molar-refractivity contribution in [1.82, 2.24) is 14.6 Å². The number of thiophene rings is 1. The number of aromatic nitrogens is 3. The van der Waals surface area contributed by atoms with Crippen LogP contribution in [0.25, 0.3) is 16.1 Å². The van der Waals surface area contributed by atoms with Crippen LogP contribution in [0.4, 0.5) is 0 Å². The SMILES string of the molecule is Clc1c2c(nc3c(-c4cccs4)cnn13)CCC2. The number of rotatable bonds is 1. The second kappa shape index (κ2) is 3.80. The summed E-state index contributed by atoms with van der Waals surface area (Å²) in [4.78, 5) is 5.94. The Hall–Kier alpha value is -1.39. The Morgan fingerprint density at radius 2 is 2.28 bits per heavy atom. The smallest absolute Gasteiger partial charge is 0.165 e. The molecular formula is C13H10ClN3S. The minimum atomic E-state index is 0.732. The van der Waals surface area contributed by atoms with Gasteiger partial charge in [0.25, 0.3) is 0 Å². The fraction of sp³-hybridized carbons (Fsp3) is 0.231. The zero-order chi connectivity index (χ0) is 12.1. The van der Waals surface area contributed by atoms with Crippen LogP contribution in [-0.2, 0) is 12.8 Å². The van der Waals surface area contributed by atoms with Gasteiger partial charge in [-0.1, -0.05) is 17.7 Å². The summed E-state index contributed by atoms with van der Waals surface area (Å²) in [6.07, 6.45) is 5.05. The Labute approximate surface area is 113 Å². The van der Waals surface area contributed by atoms with E-state index in [1.165, 1.54) is 10.4 Å². The maximum atomic E-state index is 6.43. The molecule has 0 saturated heterocycles. The third-order valence-electron chi connectivity index (χ3n) is 3.40. The summed E-state index contributed by atoms with van der Waals surface area (Å²) in [6.45, 7) is 0. The normalized spacial score (nSPS) is 14.3. The molecule has 0 aliphatic heterocycles. The number of nitrogens with zero attached hydrogens (tertiary/aromatic N) is 3. The number of aryl methyl sites for hydroxylation is 1. The molecule has 0 amide bonds. The Morgan fingerprint density at radius 3 is 3.11 bits per heavy atom. The van der Waals surface area contributed by atoms with E-state index in [-0.39, 0.29) is 0 Å². The summed E-state index contributed by atoms with van der Waals surface area (Å²) in [5.41, 5.74) is 4.26. The van der Waals surface area contributed by atoms with Crippen LogP contribution in [0.1, 0.15) is 17.7 Å². The molecule has 90 valence electrons. The number of hydrogen-bond donors (Lipinski definition) is 0. The molecule has 0 fully saturated rings. The van der Waals surface area contributed by atoms with Crippen LogP contribution in [0.5, 0.6) is 0 Å². The summed E-state index contributed by atoms with van der Waals surface area (Å²) < 4.78 is 1.76. The lowest BCUT2D eigenvalue weighted by Crippen LogP contribution is -1.99. The van der Waals surface area contributed by atoms with E-state index in [9.17, 15) is 0 Å². The molecular weight excluding hydrogens is 266 g/mol. The molecule has 0 saturated carbocycles. The van der Waals surface area contributed by atoms with Gasteiger partial charge in [0.05, 0.1) is 11.8 Å². The highest BCUT2D eigenvalue weighted by Crippen LogP contribution is 2.33. The highest BCUT2D eigenvalue weighted by Gasteiger charge is 2.21. The van der Waals surface area contributed by atoms with Gasteiger partial charge >= 0.3 is 0 Å². The number of fused-ring (bicyclic) bond motifs is 2. The van der Waals surface area contributed by atoms with Crippen molar-refractivity contribution < 1.29 is 0 Å². The van der Waals surface area contributed by atoms with Gasteiger partial charge in [0, 0.05) is 16.1 Å². The molecule has 3 aromatic heterocycles. The molecule has 0 N–H and O–H groups in total. The first kappa shape index (κ1) is 10.5. The predicted octanol–water partition coefficient (Wildman–Crippen LogP) is 3.60. The molecule has 5 heteroatoms. The van der Waals surface area contributed by atoms with Gasteiger partial charge in [-0.15, -0.1) is 11.3 Å². The first-order chi connectivity index (χ1) is 8.84. The van der Waals surface area contributed by atoms with Gasteiger partial charge in [-0.3, -0.25) is 0 Å². The van der Waals surface area contributed by atoms with Gasteiger partial charge in [-0.25, -0.2) is 9.50 Å². The molecule has 0 aromatic carbocycles. The van der Waals surface area contributed by atoms with Crippen molar-refractivity contribution >= 4 is 28.6 Å². The number of hydrogen-bond acceptors (Lipinski definition) is 3. The lowest BCUT2D eigenvalue weighted by atomic mass is 10.2. The van der Waals surface area contributed by atoms with E-state index in [1.807, 2.05) is 12.3 Å². The molecule has 4 rings (SSSR count). The van der Waals surface area contributed by atoms with Crippen molar-refractivity contribution in [2.75, 3.05) is 0 Å². The topological polar surface area (TPSA) is 30.2 Å². The van der Waals surface area contributed by atoms with Crippen LogP contribution in [0.3, 0.4) is 0 Å². The van der Waals surface area contributed by atoms with Crippen LogP contribution < -0.4 is 0 Å². The summed E-state index contributed by atoms with van der Waals surface area (Å²) in [5, 5.41) is 7.18. The van der Waals surface area contributed by atoms with E-state index in [1.54, 1.807) is 15.9 Å². The monoisotopic (exact) mass is 275 g/mol. The Balaban J connectivity index is 2.06. The molecule has 18 heavy (non-hydrogen) atoms. The van der Waals surface area contributed by atoms with E-state index >= 15 is 0 Å². The van der Waals surface area contributed by atoms with E-state index in [0.29, 0.717) is 0 Å². The summed E-state index contributed by atoms with van der Waals surface area (Å²) in [7, 11) is 0. The molecule has 3 heterocycles. The lowest BCUT2D eigenvalue weighted by Gasteiger charge is -2.04. The average molecular weight is 276 g/mol. The van der Waals surface area contributed by atoms with Crippen LogP contribution in [0.15, 0.2) is 23.7 Å². The van der Waals surface area contributed by atoms with Crippen LogP contribution >= 0.6 is 22.9 Å². The minimum absolute atomic E-state index is 0.732. The molecule has 3 nitrogen and oxygen atoms in total. The van der Waals surface area contributed by atoms with Crippen molar-refractivity contribution in [3.8, 4) is 10.4 Å². The maximum Gasteiger partial charge on any atom is 0.165 e. The van der Waals surface area contributed by atoms with Crippen molar-refractivity contribution in [3.05, 3.63) is 40.1 Å². The molecule has 0 atom stereocenters. The van der Waals surface area contributed by atoms with Crippen molar-refractivity contribution in [3.63, 3.8) is 0 Å². The molecule has 0 unspecified atom stereocenters. The Kier molecular flexibility index (Phi) is 2.22. The summed E-state index contributed by atoms with van der Waals surface area (Å²) >= 11 is 8.12. The molecule has 1 aliphatic carbocycles. The van der Waals surface area contributed by atoms with Gasteiger partial charge in [-0.05, 0) is 30.7 Å². The fourth-order valence-corrected chi connectivity index (χ4v) is 3.59. The lowest BCUT2D eigenvalue weighted by molar-refractivity contribution is 0.900. The zero-order valence-electron chi connectivity index (χ0n) is 9.56. The van der Waals surface area contributed by atoms with Gasteiger partial charge in [0.15, 0.2) is 5.65 Å². The van der Waals surface area contributed by atoms with Crippen molar-refractivity contribution in [2.45, 2.75) is 19.3 Å². The van der Waals surface area contributed by atoms with Gasteiger partial charge in [0.2, 0.25) is 0 Å². The van der Waals surface area contributed by atoms with Gasteiger partial charge in [0.1, 0.15) is 5.15 Å². The average Bonchev–Trinajstić information content (AvgIpc) is 3.08. The van der Waals surface area contributed by atoms with Gasteiger partial charge < -0.3 is 0 Å². The fourth-order valence-electron chi connectivity index (χ4n) is 2.53. The molecule has 1 aliphatic rings. The largest absolute Gasteiger partial charge is 0.233 e. The van der Waals surface area contributed by atoms with Crippen molar-refractivity contribution in [2.24, 2.45) is 0 Å². The van der Waals surface area contributed by atoms with Gasteiger partial charge in [-0.2, -0.15) is 5.10 Å². The first-order valence-corrected chi connectivity index (χ1v) is 7.19. The highest BCUT2D eigenvalue weighted by atomic mass is 35.5. The Bertz CT molecular complexity index is 730. The minimum Gasteiger partial charge on any atom is -0.233 e. The molecule has 0 bridgehead atoms. The van der Waals surface area contributed by atoms with Crippen molar-refractivity contribution in [1.29, 1.82) is 0 Å². The third kappa shape index (κ3) is 1.36. The second-order valence-corrected chi connectivity index (χ2v) is 5.76. The van der Waals surface area contributed by atoms with Crippen LogP contribution in [0.2, 0.25) is 5.15 Å². The predicted molar refractivity (Wildman–Crippen MR) is 73.3 cm³/mol. The molecule has 3 aromatic rings. The maximum absolute atomic E-state index is 6.43. The van der Waals surface area contributed by atoms with Crippen LogP contribution in [0, 0.1) is 0 Å². The Morgan fingerprint density at radius 1 is 1.33 bits per heavy atom. The van der Waals surface area contributed by atoms with E-state index in [0.717, 1.165) is 41.3 Å². The van der Waals surface area contributed by atoms with Crippen LogP contribution in [-0.4, -0.2) is 14.6 Å². The first-order valence-electron chi connectivity index (χ1n) is 5.93. The third-order valence-corrected chi connectivity index (χ3v) is 4.69. The highest BCUT2D eigenvalue weighted by molar-refractivity contribution is 7.13. The van der Waals surface area contributed by atoms with E-state index in [2.05, 4.69) is 16.5 Å². The van der Waals surface area contributed by atoms with E-state index in [4.69, 9.17) is 16.6 Å². The number of halogens is 1. The zero-order valence-corrected chi connectivity index (χ0v) is 11.1. The second-order valence-electron chi connectivity index (χ2n) is 4.45. The standard InChI is InChI=1S/C13H10ClN3S/c14-12-8-3-1-4-10(8)16-13-9(7-15-17(12)13)11-5-2-6-18-11/h2,5-7H,1,3-4H2. The molecule has 0 spiro atoms.